The summed E-state index contributed by atoms with van der Waals surface area (Å²) in [6, 6.07) is 25.3. The van der Waals surface area contributed by atoms with Crippen molar-refractivity contribution in [3.63, 3.8) is 0 Å². The molecule has 4 aromatic carbocycles. The monoisotopic (exact) mass is 528 g/mol. The Morgan fingerprint density at radius 2 is 1.13 bits per heavy atom. The highest BCUT2D eigenvalue weighted by molar-refractivity contribution is 5.71. The third kappa shape index (κ3) is 6.64. The van der Waals surface area contributed by atoms with Gasteiger partial charge in [0.25, 0.3) is 0 Å². The molecule has 0 amide bonds. The molecule has 4 aromatic rings. The molecule has 0 aromatic heterocycles. The Kier molecular flexibility index (Phi) is 8.97. The lowest BCUT2D eigenvalue weighted by molar-refractivity contribution is 0.0326. The van der Waals surface area contributed by atoms with Crippen LogP contribution < -0.4 is 23.7 Å². The Labute approximate surface area is 228 Å². The van der Waals surface area contributed by atoms with Crippen LogP contribution in [0.1, 0.15) is 34.5 Å². The number of phenols is 1. The second-order valence-corrected chi connectivity index (χ2v) is 8.70. The van der Waals surface area contributed by atoms with E-state index in [0.29, 0.717) is 22.8 Å². The van der Waals surface area contributed by atoms with E-state index in [1.54, 1.807) is 45.6 Å². The van der Waals surface area contributed by atoms with Crippen molar-refractivity contribution in [3.05, 3.63) is 107 Å². The molecule has 0 fully saturated rings. The van der Waals surface area contributed by atoms with Gasteiger partial charge in [0.05, 0.1) is 28.4 Å². The van der Waals surface area contributed by atoms with Crippen molar-refractivity contribution in [2.45, 2.75) is 12.2 Å². The maximum absolute atomic E-state index is 11.4. The van der Waals surface area contributed by atoms with Gasteiger partial charge in [-0.1, -0.05) is 48.6 Å². The molecule has 0 heterocycles. The van der Waals surface area contributed by atoms with Crippen molar-refractivity contribution >= 4 is 12.2 Å². The summed E-state index contributed by atoms with van der Waals surface area (Å²) in [4.78, 5) is 0. The van der Waals surface area contributed by atoms with Crippen molar-refractivity contribution in [3.8, 4) is 34.5 Å². The molecule has 7 heteroatoms. The molecular weight excluding hydrogens is 496 g/mol. The number of ether oxygens (including phenoxy) is 5. The lowest BCUT2D eigenvalue weighted by atomic mass is 9.97. The lowest BCUT2D eigenvalue weighted by Gasteiger charge is -2.26. The van der Waals surface area contributed by atoms with Gasteiger partial charge in [0.1, 0.15) is 17.6 Å². The number of aliphatic hydroxyl groups excluding tert-OH is 1. The van der Waals surface area contributed by atoms with Crippen LogP contribution in [0.4, 0.5) is 0 Å². The maximum Gasteiger partial charge on any atom is 0.162 e. The Balaban J connectivity index is 1.64. The summed E-state index contributed by atoms with van der Waals surface area (Å²) in [5.41, 5.74) is 3.19. The van der Waals surface area contributed by atoms with Crippen molar-refractivity contribution in [2.75, 3.05) is 28.4 Å². The van der Waals surface area contributed by atoms with Gasteiger partial charge in [-0.05, 0) is 70.8 Å². The number of phenolic OH excluding ortho intramolecular Hbond substituents is 1. The fraction of sp³-hybridized carbons (Fsp3) is 0.188. The number of hydrogen-bond donors (Lipinski definition) is 2. The summed E-state index contributed by atoms with van der Waals surface area (Å²) in [5.74, 6) is 2.70. The average Bonchev–Trinajstić information content (AvgIpc) is 2.99. The zero-order valence-electron chi connectivity index (χ0n) is 22.3. The molecule has 2 N–H and O–H groups in total. The summed E-state index contributed by atoms with van der Waals surface area (Å²) < 4.78 is 27.8. The Morgan fingerprint density at radius 3 is 1.74 bits per heavy atom. The van der Waals surface area contributed by atoms with Crippen LogP contribution in [-0.2, 0) is 0 Å². The van der Waals surface area contributed by atoms with Crippen LogP contribution in [0, 0.1) is 0 Å². The highest BCUT2D eigenvalue weighted by atomic mass is 16.5. The highest BCUT2D eigenvalue weighted by Crippen LogP contribution is 2.40. The molecule has 202 valence electrons. The van der Waals surface area contributed by atoms with E-state index in [1.807, 2.05) is 66.7 Å². The molecule has 39 heavy (non-hydrogen) atoms. The third-order valence-electron chi connectivity index (χ3n) is 6.30. The summed E-state index contributed by atoms with van der Waals surface area (Å²) >= 11 is 0. The number of methoxy groups -OCH3 is 4. The second-order valence-electron chi connectivity index (χ2n) is 8.70. The summed E-state index contributed by atoms with van der Waals surface area (Å²) in [5, 5.41) is 21.5. The molecule has 2 atom stereocenters. The predicted molar refractivity (Wildman–Crippen MR) is 151 cm³/mol. The first-order chi connectivity index (χ1) is 18.9. The minimum absolute atomic E-state index is 0.0182. The van der Waals surface area contributed by atoms with Gasteiger partial charge in [0.15, 0.2) is 29.1 Å². The first kappa shape index (κ1) is 27.4. The Hall–Kier alpha value is -4.62. The van der Waals surface area contributed by atoms with E-state index in [-0.39, 0.29) is 11.5 Å². The zero-order valence-corrected chi connectivity index (χ0v) is 22.3. The minimum Gasteiger partial charge on any atom is -0.504 e. The standard InChI is InChI=1S/C32H32O7/c1-35-25-13-7-21(8-14-25)5-6-22-9-18-28(30(19-22)38-4)39-32(23-10-15-26(36-2)16-11-23)31(34)24-12-17-27(33)29(20-24)37-3/h5-20,31-34H,1-4H3/b6-5+. The van der Waals surface area contributed by atoms with E-state index in [9.17, 15) is 10.2 Å². The lowest BCUT2D eigenvalue weighted by Crippen LogP contribution is -2.18. The van der Waals surface area contributed by atoms with Crippen molar-refractivity contribution in [1.29, 1.82) is 0 Å². The number of hydrogen-bond acceptors (Lipinski definition) is 7. The van der Waals surface area contributed by atoms with E-state index in [0.717, 1.165) is 22.4 Å². The molecule has 7 nitrogen and oxygen atoms in total. The molecule has 0 aliphatic carbocycles. The fourth-order valence-electron chi connectivity index (χ4n) is 4.09. The Morgan fingerprint density at radius 1 is 0.564 bits per heavy atom. The van der Waals surface area contributed by atoms with E-state index < -0.39 is 12.2 Å². The SMILES string of the molecule is COc1ccc(/C=C/c2ccc(OC(c3ccc(OC)cc3)C(O)c3ccc(O)c(OC)c3)c(OC)c2)cc1. The van der Waals surface area contributed by atoms with Crippen LogP contribution in [0.2, 0.25) is 0 Å². The van der Waals surface area contributed by atoms with Crippen molar-refractivity contribution in [2.24, 2.45) is 0 Å². The van der Waals surface area contributed by atoms with Crippen molar-refractivity contribution < 1.29 is 33.9 Å². The fourth-order valence-corrected chi connectivity index (χ4v) is 4.09. The molecule has 0 bridgehead atoms. The maximum atomic E-state index is 11.4. The third-order valence-corrected chi connectivity index (χ3v) is 6.30. The zero-order chi connectivity index (χ0) is 27.8. The van der Waals surface area contributed by atoms with Crippen LogP contribution in [0.15, 0.2) is 84.9 Å². The van der Waals surface area contributed by atoms with Gasteiger partial charge >= 0.3 is 0 Å². The molecule has 0 saturated heterocycles. The van der Waals surface area contributed by atoms with Crippen LogP contribution in [0.5, 0.6) is 34.5 Å². The van der Waals surface area contributed by atoms with Gasteiger partial charge in [-0.25, -0.2) is 0 Å². The van der Waals surface area contributed by atoms with Gasteiger partial charge in [0, 0.05) is 0 Å². The van der Waals surface area contributed by atoms with E-state index >= 15 is 0 Å². The largest absolute Gasteiger partial charge is 0.504 e. The van der Waals surface area contributed by atoms with Gasteiger partial charge in [-0.15, -0.1) is 0 Å². The van der Waals surface area contributed by atoms with E-state index in [4.69, 9.17) is 23.7 Å². The molecule has 0 radical (unpaired) electrons. The Bertz CT molecular complexity index is 1400. The topological polar surface area (TPSA) is 86.6 Å². The molecule has 2 unspecified atom stereocenters. The first-order valence-electron chi connectivity index (χ1n) is 12.3. The predicted octanol–water partition coefficient (Wildman–Crippen LogP) is 6.45. The molecular formula is C32H32O7. The van der Waals surface area contributed by atoms with Crippen LogP contribution in [-0.4, -0.2) is 38.7 Å². The molecule has 0 saturated carbocycles. The number of aromatic hydroxyl groups is 1. The minimum atomic E-state index is -1.09. The van der Waals surface area contributed by atoms with Gasteiger partial charge in [-0.3, -0.25) is 0 Å². The smallest absolute Gasteiger partial charge is 0.162 e. The molecule has 0 aliphatic rings. The van der Waals surface area contributed by atoms with Gasteiger partial charge in [0.2, 0.25) is 0 Å². The second kappa shape index (κ2) is 12.8. The normalized spacial score (nSPS) is 12.5. The molecule has 4 rings (SSSR count). The summed E-state index contributed by atoms with van der Waals surface area (Å²) in [7, 11) is 6.26. The summed E-state index contributed by atoms with van der Waals surface area (Å²) in [6.45, 7) is 0. The number of rotatable bonds is 11. The molecule has 0 spiro atoms. The average molecular weight is 529 g/mol. The van der Waals surface area contributed by atoms with Crippen LogP contribution >= 0.6 is 0 Å². The van der Waals surface area contributed by atoms with E-state index in [1.165, 1.54) is 13.2 Å². The molecule has 0 aliphatic heterocycles. The first-order valence-corrected chi connectivity index (χ1v) is 12.3. The summed E-state index contributed by atoms with van der Waals surface area (Å²) in [6.07, 6.45) is 2.08. The van der Waals surface area contributed by atoms with Crippen molar-refractivity contribution in [1.82, 2.24) is 0 Å². The van der Waals surface area contributed by atoms with Gasteiger partial charge in [-0.2, -0.15) is 0 Å². The van der Waals surface area contributed by atoms with E-state index in [2.05, 4.69) is 0 Å². The number of aliphatic hydroxyl groups is 1. The van der Waals surface area contributed by atoms with Crippen LogP contribution in [0.3, 0.4) is 0 Å². The van der Waals surface area contributed by atoms with Gasteiger partial charge < -0.3 is 33.9 Å². The number of benzene rings is 4. The van der Waals surface area contributed by atoms with Crippen LogP contribution in [0.25, 0.3) is 12.2 Å². The quantitative estimate of drug-likeness (QED) is 0.216. The highest BCUT2D eigenvalue weighted by Gasteiger charge is 2.27.